The molecule has 2 aliphatic carbocycles. The van der Waals surface area contributed by atoms with Gasteiger partial charge in [-0.3, -0.25) is 0 Å². The molecule has 2 unspecified atom stereocenters. The molecule has 0 saturated heterocycles. The van der Waals surface area contributed by atoms with E-state index in [4.69, 9.17) is 4.74 Å². The average Bonchev–Trinajstić information content (AvgIpc) is 2.82. The summed E-state index contributed by atoms with van der Waals surface area (Å²) in [4.78, 5) is 0. The largest absolute Gasteiger partial charge is 0.383 e. The van der Waals surface area contributed by atoms with Gasteiger partial charge in [-0.25, -0.2) is 0 Å². The molecule has 0 aromatic rings. The first-order valence-electron chi connectivity index (χ1n) is 6.37. The van der Waals surface area contributed by atoms with Gasteiger partial charge in [-0.2, -0.15) is 0 Å². The summed E-state index contributed by atoms with van der Waals surface area (Å²) in [6.45, 7) is 7.81. The van der Waals surface area contributed by atoms with Gasteiger partial charge >= 0.3 is 0 Å². The molecule has 0 amide bonds. The molecule has 2 fully saturated rings. The number of rotatable bonds is 6. The minimum Gasteiger partial charge on any atom is -0.383 e. The summed E-state index contributed by atoms with van der Waals surface area (Å²) in [7, 11) is 1.77. The van der Waals surface area contributed by atoms with Crippen molar-refractivity contribution >= 4 is 0 Å². The van der Waals surface area contributed by atoms with E-state index in [9.17, 15) is 0 Å². The second-order valence-electron chi connectivity index (χ2n) is 5.85. The van der Waals surface area contributed by atoms with Crippen molar-refractivity contribution in [3.05, 3.63) is 0 Å². The molecule has 2 saturated carbocycles. The fourth-order valence-corrected chi connectivity index (χ4v) is 3.27. The highest BCUT2D eigenvalue weighted by atomic mass is 16.5. The smallest absolute Gasteiger partial charge is 0.0587 e. The lowest BCUT2D eigenvalue weighted by Gasteiger charge is -2.35. The molecule has 0 spiro atoms. The Morgan fingerprint density at radius 3 is 2.53 bits per heavy atom. The van der Waals surface area contributed by atoms with Gasteiger partial charge in [-0.1, -0.05) is 13.8 Å². The van der Waals surface area contributed by atoms with Crippen LogP contribution in [0.4, 0.5) is 0 Å². The Morgan fingerprint density at radius 2 is 2.00 bits per heavy atom. The minimum atomic E-state index is 0.599. The van der Waals surface area contributed by atoms with E-state index in [1.54, 1.807) is 7.11 Å². The van der Waals surface area contributed by atoms with Crippen molar-refractivity contribution in [2.75, 3.05) is 26.8 Å². The van der Waals surface area contributed by atoms with Gasteiger partial charge in [0, 0.05) is 20.2 Å². The van der Waals surface area contributed by atoms with Crippen LogP contribution >= 0.6 is 0 Å². The van der Waals surface area contributed by atoms with Crippen molar-refractivity contribution in [1.82, 2.24) is 5.32 Å². The third-order valence-electron chi connectivity index (χ3n) is 4.59. The van der Waals surface area contributed by atoms with Crippen LogP contribution in [0, 0.1) is 23.2 Å². The van der Waals surface area contributed by atoms with Crippen molar-refractivity contribution < 1.29 is 4.74 Å². The first kappa shape index (κ1) is 11.4. The van der Waals surface area contributed by atoms with Gasteiger partial charge < -0.3 is 10.1 Å². The van der Waals surface area contributed by atoms with Crippen LogP contribution in [0.25, 0.3) is 0 Å². The van der Waals surface area contributed by atoms with Crippen molar-refractivity contribution in [1.29, 1.82) is 0 Å². The zero-order valence-electron chi connectivity index (χ0n) is 10.4. The van der Waals surface area contributed by atoms with Gasteiger partial charge in [-0.15, -0.1) is 0 Å². The molecule has 0 aromatic heterocycles. The van der Waals surface area contributed by atoms with Crippen LogP contribution in [0.5, 0.6) is 0 Å². The molecule has 88 valence electrons. The predicted molar refractivity (Wildman–Crippen MR) is 62.8 cm³/mol. The summed E-state index contributed by atoms with van der Waals surface area (Å²) in [5.74, 6) is 2.98. The lowest BCUT2D eigenvalue weighted by Crippen LogP contribution is -2.38. The third kappa shape index (κ3) is 2.36. The Kier molecular flexibility index (Phi) is 3.36. The van der Waals surface area contributed by atoms with Gasteiger partial charge in [0.05, 0.1) is 6.61 Å². The summed E-state index contributed by atoms with van der Waals surface area (Å²) in [5.41, 5.74) is 0.599. The van der Waals surface area contributed by atoms with Gasteiger partial charge in [0.25, 0.3) is 0 Å². The van der Waals surface area contributed by atoms with Gasteiger partial charge in [0.2, 0.25) is 0 Å². The number of fused-ring (bicyclic) bond motifs is 1. The van der Waals surface area contributed by atoms with Gasteiger partial charge in [0.15, 0.2) is 0 Å². The van der Waals surface area contributed by atoms with Crippen molar-refractivity contribution in [3.63, 3.8) is 0 Å². The van der Waals surface area contributed by atoms with Crippen LogP contribution in [0.1, 0.15) is 33.1 Å². The van der Waals surface area contributed by atoms with Crippen molar-refractivity contribution in [2.45, 2.75) is 33.1 Å². The number of methoxy groups -OCH3 is 1. The zero-order valence-corrected chi connectivity index (χ0v) is 10.4. The lowest BCUT2D eigenvalue weighted by atomic mass is 9.73. The lowest BCUT2D eigenvalue weighted by molar-refractivity contribution is 0.153. The quantitative estimate of drug-likeness (QED) is 0.681. The van der Waals surface area contributed by atoms with Crippen LogP contribution in [0.15, 0.2) is 0 Å². The standard InChI is InChI=1S/C13H25NO/c1-10(2)13(9-14-4-5-15-3)7-11-6-12(11)8-13/h10-12,14H,4-9H2,1-3H3. The van der Waals surface area contributed by atoms with Crippen molar-refractivity contribution in [3.8, 4) is 0 Å². The summed E-state index contributed by atoms with van der Waals surface area (Å²) in [5, 5.41) is 3.57. The molecular weight excluding hydrogens is 186 g/mol. The summed E-state index contributed by atoms with van der Waals surface area (Å²) < 4.78 is 5.07. The van der Waals surface area contributed by atoms with E-state index < -0.39 is 0 Å². The molecule has 0 bridgehead atoms. The van der Waals surface area contributed by atoms with E-state index in [0.717, 1.165) is 30.9 Å². The number of hydrogen-bond donors (Lipinski definition) is 1. The Balaban J connectivity index is 1.79. The maximum Gasteiger partial charge on any atom is 0.0587 e. The van der Waals surface area contributed by atoms with Gasteiger partial charge in [0.1, 0.15) is 0 Å². The van der Waals surface area contributed by atoms with E-state index in [1.165, 1.54) is 25.8 Å². The normalized spacial score (nSPS) is 38.4. The topological polar surface area (TPSA) is 21.3 Å². The van der Waals surface area contributed by atoms with E-state index in [-0.39, 0.29) is 0 Å². The number of ether oxygens (including phenoxy) is 1. The molecular formula is C13H25NO. The summed E-state index contributed by atoms with van der Waals surface area (Å²) in [6, 6.07) is 0. The van der Waals surface area contributed by atoms with E-state index in [1.807, 2.05) is 0 Å². The van der Waals surface area contributed by atoms with E-state index in [2.05, 4.69) is 19.2 Å². The molecule has 0 aromatic carbocycles. The fourth-order valence-electron chi connectivity index (χ4n) is 3.27. The Hall–Kier alpha value is -0.0800. The third-order valence-corrected chi connectivity index (χ3v) is 4.59. The number of hydrogen-bond acceptors (Lipinski definition) is 2. The first-order valence-corrected chi connectivity index (χ1v) is 6.37. The Bertz CT molecular complexity index is 205. The molecule has 2 aliphatic rings. The molecule has 0 aliphatic heterocycles. The highest BCUT2D eigenvalue weighted by Gasteiger charge is 2.54. The molecule has 2 nitrogen and oxygen atoms in total. The molecule has 0 radical (unpaired) electrons. The second kappa shape index (κ2) is 4.42. The van der Waals surface area contributed by atoms with Crippen LogP contribution in [0.3, 0.4) is 0 Å². The second-order valence-corrected chi connectivity index (χ2v) is 5.85. The predicted octanol–water partition coefficient (Wildman–Crippen LogP) is 2.29. The molecule has 0 heterocycles. The molecule has 2 rings (SSSR count). The number of nitrogens with one attached hydrogen (secondary N) is 1. The summed E-state index contributed by atoms with van der Waals surface area (Å²) in [6.07, 6.45) is 4.46. The maximum atomic E-state index is 5.07. The molecule has 2 heteroatoms. The van der Waals surface area contributed by atoms with E-state index in [0.29, 0.717) is 5.41 Å². The Labute approximate surface area is 93.8 Å². The van der Waals surface area contributed by atoms with Gasteiger partial charge in [-0.05, 0) is 42.4 Å². The van der Waals surface area contributed by atoms with Crippen LogP contribution < -0.4 is 5.32 Å². The van der Waals surface area contributed by atoms with E-state index >= 15 is 0 Å². The fraction of sp³-hybridized carbons (Fsp3) is 1.00. The maximum absolute atomic E-state index is 5.07. The van der Waals surface area contributed by atoms with Crippen LogP contribution in [0.2, 0.25) is 0 Å². The zero-order chi connectivity index (χ0) is 10.9. The van der Waals surface area contributed by atoms with Crippen LogP contribution in [-0.4, -0.2) is 26.8 Å². The minimum absolute atomic E-state index is 0.599. The monoisotopic (exact) mass is 211 g/mol. The van der Waals surface area contributed by atoms with Crippen molar-refractivity contribution in [2.24, 2.45) is 23.2 Å². The average molecular weight is 211 g/mol. The Morgan fingerprint density at radius 1 is 1.33 bits per heavy atom. The molecule has 2 atom stereocenters. The molecule has 15 heavy (non-hydrogen) atoms. The summed E-state index contributed by atoms with van der Waals surface area (Å²) >= 11 is 0. The highest BCUT2D eigenvalue weighted by molar-refractivity contribution is 5.05. The highest BCUT2D eigenvalue weighted by Crippen LogP contribution is 2.62. The first-order chi connectivity index (χ1) is 7.18. The molecule has 1 N–H and O–H groups in total. The van der Waals surface area contributed by atoms with Crippen LogP contribution in [-0.2, 0) is 4.74 Å². The SMILES string of the molecule is COCCNCC1(C(C)C)CC2CC2C1.